The molecule has 0 unspecified atom stereocenters. The summed E-state index contributed by atoms with van der Waals surface area (Å²) in [7, 11) is 0. The van der Waals surface area contributed by atoms with Crippen LogP contribution in [-0.4, -0.2) is 23.4 Å². The largest absolute Gasteiger partial charge is 0.478 e. The molecule has 4 nitrogen and oxygen atoms in total. The number of carbonyl (C=O) groups excluding carboxylic acids is 1. The van der Waals surface area contributed by atoms with E-state index in [1.807, 2.05) is 5.32 Å². The maximum atomic E-state index is 11.9. The van der Waals surface area contributed by atoms with Crippen LogP contribution >= 0.6 is 0 Å². The molecule has 0 aliphatic rings. The summed E-state index contributed by atoms with van der Waals surface area (Å²) in [6.45, 7) is 0. The van der Waals surface area contributed by atoms with Gasteiger partial charge in [0.2, 0.25) is 0 Å². The van der Waals surface area contributed by atoms with Crippen molar-refractivity contribution in [1.82, 2.24) is 0 Å². The molecule has 0 bridgehead atoms. The molecule has 0 aliphatic heterocycles. The molecule has 0 aromatic heterocycles. The number of halogens is 2. The van der Waals surface area contributed by atoms with E-state index in [1.165, 1.54) is 24.3 Å². The van der Waals surface area contributed by atoms with Crippen molar-refractivity contribution in [3.05, 3.63) is 29.8 Å². The van der Waals surface area contributed by atoms with Gasteiger partial charge in [0.1, 0.15) is 0 Å². The van der Waals surface area contributed by atoms with Crippen molar-refractivity contribution in [2.45, 2.75) is 6.43 Å². The highest BCUT2D eigenvalue weighted by Crippen LogP contribution is 2.15. The number of alkyl halides is 2. The minimum atomic E-state index is -3.17. The van der Waals surface area contributed by atoms with Crippen LogP contribution in [0.3, 0.4) is 0 Å². The van der Waals surface area contributed by atoms with Crippen LogP contribution in [0.5, 0.6) is 0 Å². The summed E-state index contributed by atoms with van der Waals surface area (Å²) in [4.78, 5) is 21.3. The van der Waals surface area contributed by atoms with Crippen molar-refractivity contribution in [3.8, 4) is 0 Å². The van der Waals surface area contributed by atoms with Crippen molar-refractivity contribution in [3.63, 3.8) is 0 Å². The Balaban J connectivity index is 2.94. The van der Waals surface area contributed by atoms with Crippen LogP contribution in [0, 0.1) is 0 Å². The molecular formula is C9H7F2NO3. The molecule has 0 saturated carbocycles. The fourth-order valence-electron chi connectivity index (χ4n) is 0.966. The molecule has 0 aliphatic carbocycles. The van der Waals surface area contributed by atoms with E-state index in [4.69, 9.17) is 5.11 Å². The Bertz CT molecular complexity index is 393. The number of anilines is 1. The van der Waals surface area contributed by atoms with Crippen LogP contribution in [0.4, 0.5) is 14.5 Å². The Hall–Kier alpha value is -1.98. The lowest BCUT2D eigenvalue weighted by molar-refractivity contribution is -0.126. The minimum Gasteiger partial charge on any atom is -0.478 e. The van der Waals surface area contributed by atoms with Gasteiger partial charge in [0.05, 0.1) is 11.3 Å². The third kappa shape index (κ3) is 2.73. The van der Waals surface area contributed by atoms with Gasteiger partial charge in [0.25, 0.3) is 5.91 Å². The zero-order chi connectivity index (χ0) is 11.4. The van der Waals surface area contributed by atoms with Gasteiger partial charge in [0, 0.05) is 0 Å². The lowest BCUT2D eigenvalue weighted by Crippen LogP contribution is -2.21. The third-order valence-corrected chi connectivity index (χ3v) is 1.61. The summed E-state index contributed by atoms with van der Waals surface area (Å²) in [6, 6.07) is 5.32. The molecule has 6 heteroatoms. The molecule has 2 N–H and O–H groups in total. The van der Waals surface area contributed by atoms with E-state index in [0.29, 0.717) is 0 Å². The maximum absolute atomic E-state index is 11.9. The average molecular weight is 215 g/mol. The number of hydrogen-bond donors (Lipinski definition) is 2. The average Bonchev–Trinajstić information content (AvgIpc) is 2.18. The molecule has 0 atom stereocenters. The summed E-state index contributed by atoms with van der Waals surface area (Å²) < 4.78 is 23.8. The van der Waals surface area contributed by atoms with Gasteiger partial charge in [-0.25, -0.2) is 4.79 Å². The predicted molar refractivity (Wildman–Crippen MR) is 48.0 cm³/mol. The van der Waals surface area contributed by atoms with E-state index in [1.54, 1.807) is 0 Å². The van der Waals surface area contributed by atoms with E-state index >= 15 is 0 Å². The smallest absolute Gasteiger partial charge is 0.337 e. The van der Waals surface area contributed by atoms with Crippen LogP contribution in [0.25, 0.3) is 0 Å². The summed E-state index contributed by atoms with van der Waals surface area (Å²) >= 11 is 0. The number of carboxylic acid groups (broad SMARTS) is 1. The maximum Gasteiger partial charge on any atom is 0.337 e. The zero-order valence-electron chi connectivity index (χ0n) is 7.41. The normalized spacial score (nSPS) is 10.1. The van der Waals surface area contributed by atoms with E-state index in [-0.39, 0.29) is 11.3 Å². The van der Waals surface area contributed by atoms with Gasteiger partial charge >= 0.3 is 12.4 Å². The number of aromatic carboxylic acids is 1. The second kappa shape index (κ2) is 4.50. The molecule has 0 spiro atoms. The highest BCUT2D eigenvalue weighted by atomic mass is 19.3. The lowest BCUT2D eigenvalue weighted by Gasteiger charge is -2.06. The highest BCUT2D eigenvalue weighted by molar-refractivity contribution is 6.01. The van der Waals surface area contributed by atoms with Gasteiger partial charge in [-0.1, -0.05) is 12.1 Å². The first-order chi connectivity index (χ1) is 7.02. The molecular weight excluding hydrogens is 208 g/mol. The molecule has 0 fully saturated rings. The summed E-state index contributed by atoms with van der Waals surface area (Å²) in [5.74, 6) is -2.82. The highest BCUT2D eigenvalue weighted by Gasteiger charge is 2.18. The second-order valence-corrected chi connectivity index (χ2v) is 2.64. The lowest BCUT2D eigenvalue weighted by atomic mass is 10.2. The monoisotopic (exact) mass is 215 g/mol. The Kier molecular flexibility index (Phi) is 3.33. The molecule has 0 saturated heterocycles. The third-order valence-electron chi connectivity index (χ3n) is 1.61. The van der Waals surface area contributed by atoms with Crippen molar-refractivity contribution >= 4 is 17.6 Å². The quantitative estimate of drug-likeness (QED) is 0.804. The zero-order valence-corrected chi connectivity index (χ0v) is 7.41. The molecule has 1 aromatic rings. The van der Waals surface area contributed by atoms with E-state index in [9.17, 15) is 18.4 Å². The Morgan fingerprint density at radius 3 is 2.40 bits per heavy atom. The Morgan fingerprint density at radius 2 is 1.87 bits per heavy atom. The van der Waals surface area contributed by atoms with Gasteiger partial charge in [0.15, 0.2) is 0 Å². The van der Waals surface area contributed by atoms with Crippen LogP contribution in [0.2, 0.25) is 0 Å². The number of para-hydroxylation sites is 1. The number of nitrogens with one attached hydrogen (secondary N) is 1. The molecule has 1 rings (SSSR count). The van der Waals surface area contributed by atoms with Gasteiger partial charge in [-0.2, -0.15) is 8.78 Å². The van der Waals surface area contributed by atoms with Crippen LogP contribution in [0.15, 0.2) is 24.3 Å². The molecule has 80 valence electrons. The second-order valence-electron chi connectivity index (χ2n) is 2.64. The first kappa shape index (κ1) is 11.1. The number of hydrogen-bond acceptors (Lipinski definition) is 2. The van der Waals surface area contributed by atoms with Crippen molar-refractivity contribution < 1.29 is 23.5 Å². The van der Waals surface area contributed by atoms with Crippen molar-refractivity contribution in [1.29, 1.82) is 0 Å². The Labute approximate surface area is 83.5 Å². The van der Waals surface area contributed by atoms with Gasteiger partial charge < -0.3 is 10.4 Å². The summed E-state index contributed by atoms with van der Waals surface area (Å²) in [5, 5.41) is 10.5. The fraction of sp³-hybridized carbons (Fsp3) is 0.111. The van der Waals surface area contributed by atoms with E-state index < -0.39 is 18.3 Å². The predicted octanol–water partition coefficient (Wildman–Crippen LogP) is 1.59. The minimum absolute atomic E-state index is 0.143. The van der Waals surface area contributed by atoms with Crippen LogP contribution in [0.1, 0.15) is 10.4 Å². The standard InChI is InChI=1S/C9H7F2NO3/c10-7(11)8(13)12-6-4-2-1-3-5(6)9(14)15/h1-4,7H,(H,12,13)(H,14,15). The van der Waals surface area contributed by atoms with Crippen LogP contribution in [-0.2, 0) is 4.79 Å². The van der Waals surface area contributed by atoms with Crippen molar-refractivity contribution in [2.75, 3.05) is 5.32 Å². The first-order valence-electron chi connectivity index (χ1n) is 3.93. The molecule has 0 radical (unpaired) electrons. The molecule has 15 heavy (non-hydrogen) atoms. The van der Waals surface area contributed by atoms with Gasteiger partial charge in [-0.15, -0.1) is 0 Å². The topological polar surface area (TPSA) is 66.4 Å². The van der Waals surface area contributed by atoms with Crippen LogP contribution < -0.4 is 5.32 Å². The molecule has 0 heterocycles. The molecule has 1 amide bonds. The number of carboxylic acids is 1. The van der Waals surface area contributed by atoms with Crippen molar-refractivity contribution in [2.24, 2.45) is 0 Å². The first-order valence-corrected chi connectivity index (χ1v) is 3.93. The Morgan fingerprint density at radius 1 is 1.27 bits per heavy atom. The van der Waals surface area contributed by atoms with Gasteiger partial charge in [-0.3, -0.25) is 4.79 Å². The number of carbonyl (C=O) groups is 2. The van der Waals surface area contributed by atoms with E-state index in [0.717, 1.165) is 0 Å². The van der Waals surface area contributed by atoms with E-state index in [2.05, 4.69) is 0 Å². The molecule has 1 aromatic carbocycles. The summed E-state index contributed by atoms with van der Waals surface area (Å²) in [5.41, 5.74) is -0.373. The van der Waals surface area contributed by atoms with Gasteiger partial charge in [-0.05, 0) is 12.1 Å². The number of rotatable bonds is 3. The number of amides is 1. The number of benzene rings is 1. The fourth-order valence-corrected chi connectivity index (χ4v) is 0.966. The summed E-state index contributed by atoms with van der Waals surface area (Å²) in [6.07, 6.45) is -3.17. The SMILES string of the molecule is O=C(O)c1ccccc1NC(=O)C(F)F.